The molecule has 0 saturated heterocycles. The summed E-state index contributed by atoms with van der Waals surface area (Å²) in [6, 6.07) is 13.1. The van der Waals surface area contributed by atoms with Crippen LogP contribution in [-0.2, 0) is 17.6 Å². The van der Waals surface area contributed by atoms with Crippen molar-refractivity contribution in [1.29, 1.82) is 0 Å². The zero-order valence-corrected chi connectivity index (χ0v) is 25.2. The van der Waals surface area contributed by atoms with Crippen LogP contribution in [0.15, 0.2) is 59.0 Å². The van der Waals surface area contributed by atoms with Crippen LogP contribution in [0.25, 0.3) is 5.69 Å². The smallest absolute Gasteiger partial charge is 0.265 e. The maximum atomic E-state index is 14.2. The predicted octanol–water partition coefficient (Wildman–Crippen LogP) is 6.19. The Bertz CT molecular complexity index is 1410. The molecule has 1 aromatic heterocycles. The highest BCUT2D eigenvalue weighted by Gasteiger charge is 2.24. The van der Waals surface area contributed by atoms with Gasteiger partial charge < -0.3 is 12.5 Å². The van der Waals surface area contributed by atoms with Gasteiger partial charge in [0.1, 0.15) is 23.0 Å². The molecule has 0 atom stereocenters. The van der Waals surface area contributed by atoms with E-state index in [9.17, 15) is 9.59 Å². The molecule has 0 unspecified atom stereocenters. The quantitative estimate of drug-likeness (QED) is 0.245. The molecule has 0 aliphatic carbocycles. The second kappa shape index (κ2) is 12.7. The number of allylic oxidation sites excluding steroid dienone is 1. The molecule has 0 fully saturated rings. The predicted molar refractivity (Wildman–Crippen MR) is 160 cm³/mol. The van der Waals surface area contributed by atoms with Gasteiger partial charge in [-0.3, -0.25) is 19.1 Å². The van der Waals surface area contributed by atoms with Gasteiger partial charge in [-0.25, -0.2) is 0 Å². The van der Waals surface area contributed by atoms with Crippen molar-refractivity contribution in [2.45, 2.75) is 52.9 Å². The summed E-state index contributed by atoms with van der Waals surface area (Å²) in [4.78, 5) is 33.2. The standard InChI is InChI=1S/C30H34IN3O5/c1-19(2)9-15-26-32-29(39-31)23(30(36)34(26)28-24(37-4)7-6-8-25(28)38-5)17-21-11-13-22(14-12-21)33-18-20(3)10-16-27(33)35/h6-8,11-14,18-19H,9-10,15-17H2,1-5H3. The van der Waals surface area contributed by atoms with Crippen LogP contribution in [0.3, 0.4) is 0 Å². The van der Waals surface area contributed by atoms with Gasteiger partial charge >= 0.3 is 0 Å². The fourth-order valence-corrected chi connectivity index (χ4v) is 5.00. The van der Waals surface area contributed by atoms with E-state index in [-0.39, 0.29) is 11.5 Å². The second-order valence-corrected chi connectivity index (χ2v) is 10.5. The molecule has 0 bridgehead atoms. The van der Waals surface area contributed by atoms with Crippen LogP contribution in [0, 0.1) is 5.92 Å². The van der Waals surface area contributed by atoms with E-state index in [1.165, 1.54) is 5.57 Å². The third kappa shape index (κ3) is 6.29. The lowest BCUT2D eigenvalue weighted by Crippen LogP contribution is -2.29. The first-order valence-electron chi connectivity index (χ1n) is 13.0. The van der Waals surface area contributed by atoms with Crippen molar-refractivity contribution < 1.29 is 17.3 Å². The summed E-state index contributed by atoms with van der Waals surface area (Å²) < 4.78 is 18.5. The molecule has 1 aliphatic heterocycles. The Morgan fingerprint density at radius 2 is 1.67 bits per heavy atom. The lowest BCUT2D eigenvalue weighted by molar-refractivity contribution is -0.118. The molecule has 0 radical (unpaired) electrons. The van der Waals surface area contributed by atoms with Crippen molar-refractivity contribution in [1.82, 2.24) is 9.55 Å². The molecular weight excluding hydrogens is 609 g/mol. The number of hydrogen-bond acceptors (Lipinski definition) is 6. The zero-order chi connectivity index (χ0) is 28.1. The Hall–Kier alpha value is -3.34. The van der Waals surface area contributed by atoms with Crippen molar-refractivity contribution in [3.05, 3.63) is 81.5 Å². The molecule has 1 amide bonds. The van der Waals surface area contributed by atoms with Crippen LogP contribution < -0.4 is 23.0 Å². The Balaban J connectivity index is 1.81. The number of aromatic nitrogens is 2. The summed E-state index contributed by atoms with van der Waals surface area (Å²) in [6.45, 7) is 6.29. The fourth-order valence-electron chi connectivity index (χ4n) is 4.64. The third-order valence-corrected chi connectivity index (χ3v) is 7.22. The van der Waals surface area contributed by atoms with Crippen molar-refractivity contribution >= 4 is 34.6 Å². The number of ether oxygens (including phenoxy) is 2. The van der Waals surface area contributed by atoms with E-state index in [4.69, 9.17) is 17.5 Å². The molecule has 2 aromatic carbocycles. The number of anilines is 1. The van der Waals surface area contributed by atoms with Crippen LogP contribution in [0.2, 0.25) is 0 Å². The molecule has 39 heavy (non-hydrogen) atoms. The van der Waals surface area contributed by atoms with Crippen LogP contribution >= 0.6 is 23.0 Å². The normalized spacial score (nSPS) is 13.5. The number of methoxy groups -OCH3 is 2. The van der Waals surface area contributed by atoms with Gasteiger partial charge in [-0.1, -0.05) is 37.6 Å². The topological polar surface area (TPSA) is 82.9 Å². The highest BCUT2D eigenvalue weighted by molar-refractivity contribution is 14.1. The number of carbonyl (C=O) groups is 1. The minimum absolute atomic E-state index is 0.0729. The third-order valence-electron chi connectivity index (χ3n) is 6.80. The molecule has 206 valence electrons. The van der Waals surface area contributed by atoms with Gasteiger partial charge in [0.15, 0.2) is 23.0 Å². The minimum Gasteiger partial charge on any atom is -0.494 e. The lowest BCUT2D eigenvalue weighted by Gasteiger charge is -2.24. The van der Waals surface area contributed by atoms with E-state index >= 15 is 0 Å². The number of halogens is 1. The lowest BCUT2D eigenvalue weighted by atomic mass is 10.0. The number of benzene rings is 2. The van der Waals surface area contributed by atoms with E-state index in [0.717, 1.165) is 24.1 Å². The summed E-state index contributed by atoms with van der Waals surface area (Å²) in [5, 5.41) is 0. The summed E-state index contributed by atoms with van der Waals surface area (Å²) in [6.07, 6.45) is 4.90. The highest BCUT2D eigenvalue weighted by atomic mass is 127. The Morgan fingerprint density at radius 3 is 2.26 bits per heavy atom. The first-order valence-corrected chi connectivity index (χ1v) is 13.9. The van der Waals surface area contributed by atoms with Crippen molar-refractivity contribution in [2.75, 3.05) is 19.1 Å². The zero-order valence-electron chi connectivity index (χ0n) is 23.0. The fraction of sp³-hybridized carbons (Fsp3) is 0.367. The summed E-state index contributed by atoms with van der Waals surface area (Å²) in [5.41, 5.74) is 3.55. The first-order chi connectivity index (χ1) is 18.8. The maximum absolute atomic E-state index is 14.2. The Kier molecular flexibility index (Phi) is 9.32. The number of hydrogen-bond donors (Lipinski definition) is 0. The maximum Gasteiger partial charge on any atom is 0.265 e. The molecule has 8 nitrogen and oxygen atoms in total. The summed E-state index contributed by atoms with van der Waals surface area (Å²) >= 11 is 1.78. The highest BCUT2D eigenvalue weighted by Crippen LogP contribution is 2.34. The summed E-state index contributed by atoms with van der Waals surface area (Å²) in [7, 11) is 3.14. The number of rotatable bonds is 10. The van der Waals surface area contributed by atoms with Crippen LogP contribution in [0.5, 0.6) is 17.4 Å². The molecule has 3 aromatic rings. The van der Waals surface area contributed by atoms with E-state index in [0.29, 0.717) is 59.6 Å². The largest absolute Gasteiger partial charge is 0.494 e. The van der Waals surface area contributed by atoms with Crippen molar-refractivity contribution in [3.8, 4) is 23.1 Å². The molecule has 0 spiro atoms. The van der Waals surface area contributed by atoms with Crippen molar-refractivity contribution in [2.24, 2.45) is 5.92 Å². The number of aryl methyl sites for hydroxylation is 1. The Morgan fingerprint density at radius 1 is 1.00 bits per heavy atom. The van der Waals surface area contributed by atoms with Crippen LogP contribution in [0.1, 0.15) is 57.0 Å². The van der Waals surface area contributed by atoms with Gasteiger partial charge in [-0.2, -0.15) is 4.98 Å². The molecule has 9 heteroatoms. The monoisotopic (exact) mass is 643 g/mol. The minimum atomic E-state index is -0.243. The molecule has 0 N–H and O–H groups in total. The average Bonchev–Trinajstić information content (AvgIpc) is 2.94. The van der Waals surface area contributed by atoms with E-state index in [1.807, 2.05) is 43.5 Å². The molecule has 0 saturated carbocycles. The van der Waals surface area contributed by atoms with E-state index < -0.39 is 0 Å². The molecule has 2 heterocycles. The van der Waals surface area contributed by atoms with Gasteiger partial charge in [0, 0.05) is 31.1 Å². The average molecular weight is 644 g/mol. The summed E-state index contributed by atoms with van der Waals surface area (Å²) in [5.74, 6) is 2.38. The van der Waals surface area contributed by atoms with Crippen LogP contribution in [-0.4, -0.2) is 29.7 Å². The number of carbonyl (C=O) groups excluding carboxylic acids is 1. The van der Waals surface area contributed by atoms with Crippen LogP contribution in [0.4, 0.5) is 5.69 Å². The van der Waals surface area contributed by atoms with E-state index in [2.05, 4.69) is 13.8 Å². The van der Waals surface area contributed by atoms with Gasteiger partial charge in [0.05, 0.1) is 19.8 Å². The van der Waals surface area contributed by atoms with Gasteiger partial charge in [0.25, 0.3) is 5.56 Å². The molecular formula is C30H34IN3O5. The first kappa shape index (κ1) is 28.7. The van der Waals surface area contributed by atoms with Gasteiger partial charge in [-0.05, 0) is 55.5 Å². The SMILES string of the molecule is COc1cccc(OC)c1-n1c(CCC(C)C)nc(OI)c(Cc2ccc(N3C=C(C)CCC3=O)cc2)c1=O. The Labute approximate surface area is 243 Å². The molecule has 1 aliphatic rings. The number of amides is 1. The van der Waals surface area contributed by atoms with E-state index in [1.54, 1.807) is 58.8 Å². The molecule has 4 rings (SSSR count). The number of para-hydroxylation sites is 1. The van der Waals surface area contributed by atoms with Gasteiger partial charge in [-0.15, -0.1) is 0 Å². The van der Waals surface area contributed by atoms with Gasteiger partial charge in [0.2, 0.25) is 11.8 Å². The number of nitrogens with zero attached hydrogens (tertiary/aromatic N) is 3. The van der Waals surface area contributed by atoms with Crippen molar-refractivity contribution in [3.63, 3.8) is 0 Å². The second-order valence-electron chi connectivity index (χ2n) is 10.1.